The average Bonchev–Trinajstić information content (AvgIpc) is 2.73. The van der Waals surface area contributed by atoms with E-state index in [1.165, 1.54) is 11.0 Å². The summed E-state index contributed by atoms with van der Waals surface area (Å²) in [5.41, 5.74) is 11.2. The topological polar surface area (TPSA) is 65.7 Å². The van der Waals surface area contributed by atoms with Gasteiger partial charge in [-0.25, -0.2) is 4.98 Å². The Bertz CT molecular complexity index is 1050. The standard InChI is InChI=1S/C23H28BN5O/c1-27(2)19-6-3-16(4-7-19)23(30)29-11-9-28(10-12-29)15-17-13-22(25)26-21-14-18(24)5-8-20(17)21/h3-8,13-14H,9-12,15,24H2,1-2H3,(H2,25,26). The molecule has 0 spiro atoms. The number of carbonyl (C=O) groups excluding carboxylic acids is 1. The second-order valence-electron chi connectivity index (χ2n) is 8.24. The number of rotatable bonds is 4. The van der Waals surface area contributed by atoms with Crippen LogP contribution in [0.4, 0.5) is 11.5 Å². The molecule has 4 rings (SSSR count). The van der Waals surface area contributed by atoms with Gasteiger partial charge in [0, 0.05) is 63.5 Å². The summed E-state index contributed by atoms with van der Waals surface area (Å²) in [6.07, 6.45) is 0. The van der Waals surface area contributed by atoms with Crippen LogP contribution in [-0.2, 0) is 6.54 Å². The lowest BCUT2D eigenvalue weighted by Crippen LogP contribution is -2.48. The minimum atomic E-state index is 0.106. The maximum absolute atomic E-state index is 12.9. The predicted molar refractivity (Wildman–Crippen MR) is 126 cm³/mol. The molecule has 0 atom stereocenters. The minimum absolute atomic E-state index is 0.106. The van der Waals surface area contributed by atoms with Crippen molar-refractivity contribution in [3.8, 4) is 0 Å². The molecule has 7 heteroatoms. The van der Waals surface area contributed by atoms with Crippen molar-refractivity contribution in [2.75, 3.05) is 50.9 Å². The van der Waals surface area contributed by atoms with Gasteiger partial charge < -0.3 is 15.5 Å². The second kappa shape index (κ2) is 8.36. The second-order valence-corrected chi connectivity index (χ2v) is 8.24. The van der Waals surface area contributed by atoms with Gasteiger partial charge in [-0.15, -0.1) is 0 Å². The van der Waals surface area contributed by atoms with Crippen molar-refractivity contribution in [2.45, 2.75) is 6.54 Å². The van der Waals surface area contributed by atoms with Crippen molar-refractivity contribution in [1.29, 1.82) is 0 Å². The summed E-state index contributed by atoms with van der Waals surface area (Å²) < 4.78 is 0. The molecular weight excluding hydrogens is 373 g/mol. The van der Waals surface area contributed by atoms with Crippen LogP contribution < -0.4 is 16.1 Å². The Morgan fingerprint density at radius 3 is 2.43 bits per heavy atom. The molecule has 2 heterocycles. The highest BCUT2D eigenvalue weighted by molar-refractivity contribution is 6.33. The monoisotopic (exact) mass is 401 g/mol. The molecule has 1 amide bonds. The molecule has 0 radical (unpaired) electrons. The third-order valence-corrected chi connectivity index (χ3v) is 5.75. The van der Waals surface area contributed by atoms with Gasteiger partial charge in [-0.05, 0) is 42.0 Å². The number of benzene rings is 2. The fourth-order valence-electron chi connectivity index (χ4n) is 4.00. The zero-order valence-corrected chi connectivity index (χ0v) is 17.9. The first-order chi connectivity index (χ1) is 14.4. The van der Waals surface area contributed by atoms with Crippen molar-refractivity contribution >= 4 is 41.6 Å². The number of hydrogen-bond donors (Lipinski definition) is 1. The van der Waals surface area contributed by atoms with Gasteiger partial charge >= 0.3 is 0 Å². The average molecular weight is 401 g/mol. The molecule has 0 saturated carbocycles. The predicted octanol–water partition coefficient (Wildman–Crippen LogP) is 1.10. The SMILES string of the molecule is Bc1ccc2c(CN3CCN(C(=O)c4ccc(N(C)C)cc4)CC3)cc(N)nc2c1. The van der Waals surface area contributed by atoms with Gasteiger partial charge in [0.2, 0.25) is 0 Å². The number of carbonyl (C=O) groups is 1. The summed E-state index contributed by atoms with van der Waals surface area (Å²) >= 11 is 0. The molecular formula is C23H28BN5O. The summed E-state index contributed by atoms with van der Waals surface area (Å²) in [7, 11) is 6.06. The Labute approximate surface area is 178 Å². The Hall–Kier alpha value is -3.06. The van der Waals surface area contributed by atoms with Crippen molar-refractivity contribution in [2.24, 2.45) is 0 Å². The molecule has 0 unspecified atom stereocenters. The van der Waals surface area contributed by atoms with E-state index in [0.717, 1.165) is 54.9 Å². The van der Waals surface area contributed by atoms with E-state index in [9.17, 15) is 4.79 Å². The Balaban J connectivity index is 1.41. The van der Waals surface area contributed by atoms with Crippen LogP contribution in [0.5, 0.6) is 0 Å². The first-order valence-corrected chi connectivity index (χ1v) is 10.4. The number of hydrogen-bond acceptors (Lipinski definition) is 5. The fourth-order valence-corrected chi connectivity index (χ4v) is 4.00. The Kier molecular flexibility index (Phi) is 5.64. The lowest BCUT2D eigenvalue weighted by atomic mass is 9.94. The van der Waals surface area contributed by atoms with Crippen molar-refractivity contribution in [3.63, 3.8) is 0 Å². The Morgan fingerprint density at radius 1 is 1.07 bits per heavy atom. The van der Waals surface area contributed by atoms with Gasteiger partial charge in [-0.3, -0.25) is 9.69 Å². The van der Waals surface area contributed by atoms with E-state index in [4.69, 9.17) is 5.73 Å². The maximum Gasteiger partial charge on any atom is 0.253 e. The highest BCUT2D eigenvalue weighted by Gasteiger charge is 2.22. The van der Waals surface area contributed by atoms with Crippen molar-refractivity contribution in [1.82, 2.24) is 14.8 Å². The van der Waals surface area contributed by atoms with Gasteiger partial charge in [0.05, 0.1) is 5.52 Å². The molecule has 3 aromatic rings. The van der Waals surface area contributed by atoms with E-state index in [1.807, 2.05) is 54.2 Å². The van der Waals surface area contributed by atoms with Gasteiger partial charge in [-0.2, -0.15) is 0 Å². The van der Waals surface area contributed by atoms with Gasteiger partial charge in [0.1, 0.15) is 13.7 Å². The molecule has 0 aliphatic carbocycles. The van der Waals surface area contributed by atoms with Crippen LogP contribution in [-0.4, -0.2) is 68.8 Å². The van der Waals surface area contributed by atoms with E-state index < -0.39 is 0 Å². The fraction of sp³-hybridized carbons (Fsp3) is 0.304. The maximum atomic E-state index is 12.9. The van der Waals surface area contributed by atoms with Crippen LogP contribution in [0, 0.1) is 0 Å². The van der Waals surface area contributed by atoms with Crippen LogP contribution in [0.3, 0.4) is 0 Å². The third-order valence-electron chi connectivity index (χ3n) is 5.75. The quantitative estimate of drug-likeness (QED) is 0.664. The van der Waals surface area contributed by atoms with E-state index in [0.29, 0.717) is 5.82 Å². The highest BCUT2D eigenvalue weighted by atomic mass is 16.2. The summed E-state index contributed by atoms with van der Waals surface area (Å²) in [6, 6.07) is 16.1. The van der Waals surface area contributed by atoms with Crippen LogP contribution in [0.1, 0.15) is 15.9 Å². The van der Waals surface area contributed by atoms with Gasteiger partial charge in [0.25, 0.3) is 5.91 Å². The van der Waals surface area contributed by atoms with Gasteiger partial charge in [-0.1, -0.05) is 17.6 Å². The Morgan fingerprint density at radius 2 is 1.77 bits per heavy atom. The van der Waals surface area contributed by atoms with Crippen molar-refractivity contribution in [3.05, 3.63) is 59.7 Å². The third kappa shape index (κ3) is 4.26. The number of nitrogens with zero attached hydrogens (tertiary/aromatic N) is 4. The molecule has 154 valence electrons. The largest absolute Gasteiger partial charge is 0.384 e. The highest BCUT2D eigenvalue weighted by Crippen LogP contribution is 2.21. The molecule has 1 fully saturated rings. The number of pyridine rings is 1. The zero-order valence-electron chi connectivity index (χ0n) is 17.9. The van der Waals surface area contributed by atoms with E-state index in [1.54, 1.807) is 0 Å². The molecule has 6 nitrogen and oxygen atoms in total. The summed E-state index contributed by atoms with van der Waals surface area (Å²) in [6.45, 7) is 3.96. The number of piperazine rings is 1. The number of anilines is 2. The first kappa shape index (κ1) is 20.2. The first-order valence-electron chi connectivity index (χ1n) is 10.4. The summed E-state index contributed by atoms with van der Waals surface area (Å²) in [4.78, 5) is 23.7. The normalized spacial score (nSPS) is 14.8. The van der Waals surface area contributed by atoms with E-state index in [-0.39, 0.29) is 5.91 Å². The number of nitrogens with two attached hydrogens (primary N) is 1. The lowest BCUT2D eigenvalue weighted by molar-refractivity contribution is 0.0629. The molecule has 1 saturated heterocycles. The molecule has 1 aromatic heterocycles. The van der Waals surface area contributed by atoms with E-state index >= 15 is 0 Å². The molecule has 2 N–H and O–H groups in total. The molecule has 1 aliphatic rings. The molecule has 0 bridgehead atoms. The smallest absolute Gasteiger partial charge is 0.253 e. The minimum Gasteiger partial charge on any atom is -0.384 e. The summed E-state index contributed by atoms with van der Waals surface area (Å²) in [5, 5.41) is 1.15. The lowest BCUT2D eigenvalue weighted by Gasteiger charge is -2.35. The van der Waals surface area contributed by atoms with Crippen LogP contribution >= 0.6 is 0 Å². The number of nitrogen functional groups attached to an aromatic ring is 1. The molecule has 1 aliphatic heterocycles. The molecule has 2 aromatic carbocycles. The van der Waals surface area contributed by atoms with Crippen LogP contribution in [0.2, 0.25) is 0 Å². The van der Waals surface area contributed by atoms with Crippen LogP contribution in [0.15, 0.2) is 48.5 Å². The van der Waals surface area contributed by atoms with Crippen LogP contribution in [0.25, 0.3) is 10.9 Å². The van der Waals surface area contributed by atoms with Crippen molar-refractivity contribution < 1.29 is 4.79 Å². The molecule has 30 heavy (non-hydrogen) atoms. The van der Waals surface area contributed by atoms with E-state index in [2.05, 4.69) is 35.9 Å². The van der Waals surface area contributed by atoms with Gasteiger partial charge in [0.15, 0.2) is 0 Å². The number of amides is 1. The number of fused-ring (bicyclic) bond motifs is 1. The zero-order chi connectivity index (χ0) is 21.3. The summed E-state index contributed by atoms with van der Waals surface area (Å²) in [5.74, 6) is 0.659. The number of aromatic nitrogens is 1.